The highest BCUT2D eigenvalue weighted by molar-refractivity contribution is 7.09. The van der Waals surface area contributed by atoms with Gasteiger partial charge in [-0.2, -0.15) is 0 Å². The molecule has 1 aromatic carbocycles. The maximum atomic E-state index is 13.0. The Kier molecular flexibility index (Phi) is 6.40. The number of carbonyl (C=O) groups is 2. The number of benzene rings is 1. The summed E-state index contributed by atoms with van der Waals surface area (Å²) in [7, 11) is 0. The van der Waals surface area contributed by atoms with Gasteiger partial charge in [-0.1, -0.05) is 12.1 Å². The van der Waals surface area contributed by atoms with Crippen LogP contribution in [0.25, 0.3) is 0 Å². The summed E-state index contributed by atoms with van der Waals surface area (Å²) in [6.45, 7) is 5.95. The summed E-state index contributed by atoms with van der Waals surface area (Å²) < 4.78 is 13.0. The molecule has 2 amide bonds. The smallest absolute Gasteiger partial charge is 0.253 e. The van der Waals surface area contributed by atoms with E-state index in [2.05, 4.69) is 6.58 Å². The third kappa shape index (κ3) is 4.83. The molecule has 1 saturated heterocycles. The molecule has 0 atom stereocenters. The first-order valence-electron chi connectivity index (χ1n) is 9.05. The summed E-state index contributed by atoms with van der Waals surface area (Å²) in [5.41, 5.74) is 0.479. The Morgan fingerprint density at radius 1 is 1.22 bits per heavy atom. The van der Waals surface area contributed by atoms with Crippen molar-refractivity contribution in [2.24, 2.45) is 5.92 Å². The molecule has 2 heterocycles. The summed E-state index contributed by atoms with van der Waals surface area (Å²) in [5, 5.41) is 2.01. The molecule has 6 heteroatoms. The van der Waals surface area contributed by atoms with Crippen molar-refractivity contribution in [2.45, 2.75) is 19.4 Å². The molecular weight excluding hydrogens is 363 g/mol. The van der Waals surface area contributed by atoms with Crippen molar-refractivity contribution in [3.63, 3.8) is 0 Å². The van der Waals surface area contributed by atoms with E-state index in [0.29, 0.717) is 44.6 Å². The lowest BCUT2D eigenvalue weighted by Crippen LogP contribution is -2.44. The predicted octanol–water partition coefficient (Wildman–Crippen LogP) is 3.95. The largest absolute Gasteiger partial charge is 0.339 e. The fraction of sp³-hybridized carbons (Fsp3) is 0.333. The van der Waals surface area contributed by atoms with Gasteiger partial charge in [-0.05, 0) is 48.6 Å². The second-order valence-electron chi connectivity index (χ2n) is 6.66. The molecule has 1 aliphatic heterocycles. The molecule has 1 fully saturated rings. The first-order valence-corrected chi connectivity index (χ1v) is 9.93. The van der Waals surface area contributed by atoms with Crippen molar-refractivity contribution in [2.75, 3.05) is 19.6 Å². The average Bonchev–Trinajstić information content (AvgIpc) is 3.20. The topological polar surface area (TPSA) is 40.6 Å². The lowest BCUT2D eigenvalue weighted by molar-refractivity contribution is -0.137. The van der Waals surface area contributed by atoms with Crippen LogP contribution in [0.3, 0.4) is 0 Å². The van der Waals surface area contributed by atoms with E-state index >= 15 is 0 Å². The highest BCUT2D eigenvalue weighted by Gasteiger charge is 2.30. The van der Waals surface area contributed by atoms with Crippen molar-refractivity contribution >= 4 is 23.2 Å². The minimum atomic E-state index is -0.357. The second kappa shape index (κ2) is 8.95. The van der Waals surface area contributed by atoms with Crippen LogP contribution < -0.4 is 0 Å². The molecule has 4 nitrogen and oxygen atoms in total. The number of piperidine rings is 1. The Morgan fingerprint density at radius 3 is 2.52 bits per heavy atom. The van der Waals surface area contributed by atoms with E-state index in [1.807, 2.05) is 22.4 Å². The first-order chi connectivity index (χ1) is 13.1. The standard InChI is InChI=1S/C21H23FN2O2S/c1-2-11-24(15-19-4-3-14-27-19)21(26)17-9-12-23(13-10-17)20(25)16-5-7-18(22)8-6-16/h2-8,14,17H,1,9-13,15H2. The molecule has 0 spiro atoms. The number of carbonyl (C=O) groups excluding carboxylic acids is 2. The molecule has 142 valence electrons. The van der Waals surface area contributed by atoms with Gasteiger partial charge in [0.15, 0.2) is 0 Å². The molecule has 0 radical (unpaired) electrons. The van der Waals surface area contributed by atoms with Gasteiger partial charge in [0.2, 0.25) is 5.91 Å². The molecular formula is C21H23FN2O2S. The molecule has 2 aromatic rings. The van der Waals surface area contributed by atoms with Crippen LogP contribution in [0.5, 0.6) is 0 Å². The summed E-state index contributed by atoms with van der Waals surface area (Å²) in [5.74, 6) is -0.425. The Labute approximate surface area is 162 Å². The molecule has 3 rings (SSSR count). The Balaban J connectivity index is 1.58. The van der Waals surface area contributed by atoms with Gasteiger partial charge in [0.05, 0.1) is 6.54 Å². The third-order valence-electron chi connectivity index (χ3n) is 4.81. The molecule has 1 aliphatic rings. The number of likely N-dealkylation sites (tertiary alicyclic amines) is 1. The zero-order valence-corrected chi connectivity index (χ0v) is 16.0. The SMILES string of the molecule is C=CCN(Cc1cccs1)C(=O)C1CCN(C(=O)c2ccc(F)cc2)CC1. The van der Waals surface area contributed by atoms with Crippen molar-refractivity contribution in [1.82, 2.24) is 9.80 Å². The second-order valence-corrected chi connectivity index (χ2v) is 7.69. The van der Waals surface area contributed by atoms with Crippen LogP contribution in [-0.4, -0.2) is 41.2 Å². The number of hydrogen-bond donors (Lipinski definition) is 0. The van der Waals surface area contributed by atoms with Crippen molar-refractivity contribution in [3.05, 3.63) is 70.7 Å². The van der Waals surface area contributed by atoms with E-state index in [4.69, 9.17) is 0 Å². The van der Waals surface area contributed by atoms with Gasteiger partial charge in [0, 0.05) is 36.0 Å². The van der Waals surface area contributed by atoms with Gasteiger partial charge < -0.3 is 9.80 Å². The number of amides is 2. The Morgan fingerprint density at radius 2 is 1.93 bits per heavy atom. The van der Waals surface area contributed by atoms with Gasteiger partial charge in [-0.3, -0.25) is 9.59 Å². The molecule has 0 aliphatic carbocycles. The minimum Gasteiger partial charge on any atom is -0.339 e. The van der Waals surface area contributed by atoms with Crippen molar-refractivity contribution in [1.29, 1.82) is 0 Å². The maximum absolute atomic E-state index is 13.0. The fourth-order valence-corrected chi connectivity index (χ4v) is 4.06. The highest BCUT2D eigenvalue weighted by atomic mass is 32.1. The van der Waals surface area contributed by atoms with Gasteiger partial charge in [-0.25, -0.2) is 4.39 Å². The van der Waals surface area contributed by atoms with Gasteiger partial charge >= 0.3 is 0 Å². The minimum absolute atomic E-state index is 0.0813. The van der Waals surface area contributed by atoms with E-state index in [-0.39, 0.29) is 23.5 Å². The van der Waals surface area contributed by atoms with E-state index in [1.54, 1.807) is 22.3 Å². The fourth-order valence-electron chi connectivity index (χ4n) is 3.34. The maximum Gasteiger partial charge on any atom is 0.253 e. The van der Waals surface area contributed by atoms with Crippen molar-refractivity contribution < 1.29 is 14.0 Å². The van der Waals surface area contributed by atoms with Gasteiger partial charge in [0.25, 0.3) is 5.91 Å². The molecule has 0 unspecified atom stereocenters. The third-order valence-corrected chi connectivity index (χ3v) is 5.67. The Bertz CT molecular complexity index is 781. The van der Waals surface area contributed by atoms with Gasteiger partial charge in [-0.15, -0.1) is 17.9 Å². The number of thiophene rings is 1. The zero-order valence-electron chi connectivity index (χ0n) is 15.1. The zero-order chi connectivity index (χ0) is 19.2. The lowest BCUT2D eigenvalue weighted by atomic mass is 9.94. The number of hydrogen-bond acceptors (Lipinski definition) is 3. The average molecular weight is 386 g/mol. The van der Waals surface area contributed by atoms with Crippen LogP contribution in [0, 0.1) is 11.7 Å². The summed E-state index contributed by atoms with van der Waals surface area (Å²) >= 11 is 1.64. The predicted molar refractivity (Wildman–Crippen MR) is 105 cm³/mol. The quantitative estimate of drug-likeness (QED) is 0.705. The lowest BCUT2D eigenvalue weighted by Gasteiger charge is -2.34. The van der Waals surface area contributed by atoms with Crippen molar-refractivity contribution in [3.8, 4) is 0 Å². The Hall–Kier alpha value is -2.47. The summed E-state index contributed by atoms with van der Waals surface area (Å²) in [4.78, 5) is 30.2. The number of halogens is 1. The molecule has 1 aromatic heterocycles. The van der Waals surface area contributed by atoms with Crippen LogP contribution in [0.15, 0.2) is 54.4 Å². The van der Waals surface area contributed by atoms with Crippen LogP contribution in [0.1, 0.15) is 28.1 Å². The van der Waals surface area contributed by atoms with Crippen LogP contribution >= 0.6 is 11.3 Å². The van der Waals surface area contributed by atoms with E-state index in [9.17, 15) is 14.0 Å². The number of rotatable bonds is 6. The summed E-state index contributed by atoms with van der Waals surface area (Å²) in [6.07, 6.45) is 3.03. The number of nitrogens with zero attached hydrogens (tertiary/aromatic N) is 2. The molecule has 0 saturated carbocycles. The first kappa shape index (κ1) is 19.3. The van der Waals surface area contributed by atoms with Crippen LogP contribution in [0.4, 0.5) is 4.39 Å². The van der Waals surface area contributed by atoms with Crippen LogP contribution in [-0.2, 0) is 11.3 Å². The molecule has 0 bridgehead atoms. The van der Waals surface area contributed by atoms with Crippen LogP contribution in [0.2, 0.25) is 0 Å². The molecule has 27 heavy (non-hydrogen) atoms. The van der Waals surface area contributed by atoms with E-state index in [0.717, 1.165) is 4.88 Å². The monoisotopic (exact) mass is 386 g/mol. The molecule has 0 N–H and O–H groups in total. The normalized spacial score (nSPS) is 14.8. The van der Waals surface area contributed by atoms with Gasteiger partial charge in [0.1, 0.15) is 5.82 Å². The highest BCUT2D eigenvalue weighted by Crippen LogP contribution is 2.23. The van der Waals surface area contributed by atoms with E-state index in [1.165, 1.54) is 24.3 Å². The summed E-state index contributed by atoms with van der Waals surface area (Å²) in [6, 6.07) is 9.60. The van der Waals surface area contributed by atoms with E-state index < -0.39 is 0 Å².